The summed E-state index contributed by atoms with van der Waals surface area (Å²) in [6.45, 7) is 0.237. The van der Waals surface area contributed by atoms with Crippen molar-refractivity contribution in [3.05, 3.63) is 96.4 Å². The molecule has 0 fully saturated rings. The number of halogens is 5. The molecule has 0 saturated carbocycles. The summed E-state index contributed by atoms with van der Waals surface area (Å²) >= 11 is 30.4. The van der Waals surface area contributed by atoms with Crippen LogP contribution in [0.15, 0.2) is 60.2 Å². The number of benzene rings is 3. The summed E-state index contributed by atoms with van der Waals surface area (Å²) in [4.78, 5) is 12.5. The number of anilines is 1. The van der Waals surface area contributed by atoms with E-state index in [9.17, 15) is 10.1 Å². The zero-order valence-electron chi connectivity index (χ0n) is 16.1. The minimum Gasteiger partial charge on any atom is -0.486 e. The topological polar surface area (TPSA) is 62.1 Å². The Balaban J connectivity index is 1.77. The second-order valence-electron chi connectivity index (χ2n) is 6.48. The van der Waals surface area contributed by atoms with Crippen molar-refractivity contribution in [1.82, 2.24) is 0 Å². The average Bonchev–Trinajstić information content (AvgIpc) is 2.75. The van der Waals surface area contributed by atoms with Gasteiger partial charge in [-0.3, -0.25) is 4.79 Å². The fraction of sp³-hybridized carbons (Fsp3) is 0.0435. The highest BCUT2D eigenvalue weighted by molar-refractivity contribution is 6.42. The van der Waals surface area contributed by atoms with Crippen molar-refractivity contribution in [2.75, 3.05) is 5.32 Å². The fourth-order valence-corrected chi connectivity index (χ4v) is 3.66. The molecule has 0 aliphatic heterocycles. The van der Waals surface area contributed by atoms with Crippen LogP contribution >= 0.6 is 58.0 Å². The minimum atomic E-state index is -0.624. The smallest absolute Gasteiger partial charge is 0.266 e. The molecule has 3 rings (SSSR count). The van der Waals surface area contributed by atoms with Gasteiger partial charge in [-0.05, 0) is 59.7 Å². The van der Waals surface area contributed by atoms with E-state index in [0.717, 1.165) is 5.56 Å². The van der Waals surface area contributed by atoms with Gasteiger partial charge in [0.15, 0.2) is 5.75 Å². The van der Waals surface area contributed by atoms with Gasteiger partial charge in [-0.25, -0.2) is 0 Å². The molecule has 4 nitrogen and oxygen atoms in total. The normalized spacial score (nSPS) is 11.1. The number of nitrogens with one attached hydrogen (secondary N) is 1. The second-order valence-corrected chi connectivity index (χ2v) is 8.55. The molecule has 0 bridgehead atoms. The number of hydrogen-bond acceptors (Lipinski definition) is 3. The number of nitrogens with zero attached hydrogens (tertiary/aromatic N) is 1. The molecule has 0 radical (unpaired) electrons. The van der Waals surface area contributed by atoms with Crippen LogP contribution in [-0.4, -0.2) is 5.91 Å². The SMILES string of the molecule is N#C/C(=C\c1cc(Cl)c(OCc2ccc(Cl)cc2)c(Cl)c1)C(=O)Nc1ccc(Cl)c(Cl)c1. The maximum absolute atomic E-state index is 12.5. The number of carbonyl (C=O) groups is 1. The lowest BCUT2D eigenvalue weighted by Crippen LogP contribution is -2.13. The highest BCUT2D eigenvalue weighted by Gasteiger charge is 2.14. The summed E-state index contributed by atoms with van der Waals surface area (Å²) in [7, 11) is 0. The molecular formula is C23H13Cl5N2O2. The molecule has 3 aromatic rings. The Morgan fingerprint density at radius 2 is 1.56 bits per heavy atom. The molecule has 162 valence electrons. The standard InChI is InChI=1S/C23H13Cl5N2O2/c24-16-3-1-13(2-4-16)12-32-22-20(27)8-14(9-21(22)28)7-15(11-29)23(31)30-17-5-6-18(25)19(26)10-17/h1-10H,12H2,(H,30,31)/b15-7+. The molecule has 0 spiro atoms. The Labute approximate surface area is 209 Å². The van der Waals surface area contributed by atoms with Gasteiger partial charge in [0.1, 0.15) is 18.2 Å². The number of hydrogen-bond donors (Lipinski definition) is 1. The van der Waals surface area contributed by atoms with E-state index in [1.54, 1.807) is 30.3 Å². The summed E-state index contributed by atoms with van der Waals surface area (Å²) < 4.78 is 5.73. The van der Waals surface area contributed by atoms with E-state index in [-0.39, 0.29) is 27.2 Å². The van der Waals surface area contributed by atoms with Gasteiger partial charge in [0.25, 0.3) is 5.91 Å². The van der Waals surface area contributed by atoms with Crippen molar-refractivity contribution < 1.29 is 9.53 Å². The third-order valence-electron chi connectivity index (χ3n) is 4.17. The minimum absolute atomic E-state index is 0.155. The van der Waals surface area contributed by atoms with Crippen LogP contribution in [0, 0.1) is 11.3 Å². The Bertz CT molecular complexity index is 1210. The third kappa shape index (κ3) is 6.32. The maximum atomic E-state index is 12.5. The highest BCUT2D eigenvalue weighted by atomic mass is 35.5. The molecule has 0 unspecified atom stereocenters. The Morgan fingerprint density at radius 3 is 2.16 bits per heavy atom. The predicted octanol–water partition coefficient (Wildman–Crippen LogP) is 8.08. The fourth-order valence-electron chi connectivity index (χ4n) is 2.62. The molecule has 0 saturated heterocycles. The molecule has 0 aromatic heterocycles. The number of nitriles is 1. The summed E-state index contributed by atoms with van der Waals surface area (Å²) in [5.41, 5.74) is 1.58. The van der Waals surface area contributed by atoms with Gasteiger partial charge in [0.2, 0.25) is 0 Å². The Kier molecular flexibility index (Phi) is 8.31. The lowest BCUT2D eigenvalue weighted by Gasteiger charge is -2.11. The molecule has 1 amide bonds. The van der Waals surface area contributed by atoms with Crippen molar-refractivity contribution in [1.29, 1.82) is 5.26 Å². The van der Waals surface area contributed by atoms with Gasteiger partial charge >= 0.3 is 0 Å². The third-order valence-corrected chi connectivity index (χ3v) is 5.72. The summed E-state index contributed by atoms with van der Waals surface area (Å²) in [5.74, 6) is -0.333. The van der Waals surface area contributed by atoms with Crippen LogP contribution in [0.25, 0.3) is 6.08 Å². The van der Waals surface area contributed by atoms with Crippen LogP contribution in [0.5, 0.6) is 5.75 Å². The van der Waals surface area contributed by atoms with Crippen LogP contribution in [0.4, 0.5) is 5.69 Å². The van der Waals surface area contributed by atoms with Gasteiger partial charge in [0, 0.05) is 10.7 Å². The van der Waals surface area contributed by atoms with Crippen LogP contribution in [-0.2, 0) is 11.4 Å². The molecule has 0 atom stereocenters. The molecule has 0 aliphatic rings. The van der Waals surface area contributed by atoms with E-state index in [4.69, 9.17) is 62.7 Å². The number of rotatable bonds is 6. The van der Waals surface area contributed by atoms with Crippen LogP contribution in [0.2, 0.25) is 25.1 Å². The van der Waals surface area contributed by atoms with Crippen molar-refractivity contribution in [2.45, 2.75) is 6.61 Å². The van der Waals surface area contributed by atoms with E-state index in [1.807, 2.05) is 18.2 Å². The van der Waals surface area contributed by atoms with Gasteiger partial charge < -0.3 is 10.1 Å². The van der Waals surface area contributed by atoms with Crippen LogP contribution in [0.1, 0.15) is 11.1 Å². The molecule has 3 aromatic carbocycles. The van der Waals surface area contributed by atoms with Gasteiger partial charge in [-0.1, -0.05) is 70.1 Å². The maximum Gasteiger partial charge on any atom is 0.266 e. The van der Waals surface area contributed by atoms with Gasteiger partial charge in [-0.15, -0.1) is 0 Å². The lowest BCUT2D eigenvalue weighted by molar-refractivity contribution is -0.112. The van der Waals surface area contributed by atoms with Crippen molar-refractivity contribution in [3.8, 4) is 11.8 Å². The number of amides is 1. The summed E-state index contributed by atoms with van der Waals surface area (Å²) in [6, 6.07) is 16.7. The van der Waals surface area contributed by atoms with Gasteiger partial charge in [0.05, 0.1) is 20.1 Å². The molecule has 0 aliphatic carbocycles. The average molecular weight is 527 g/mol. The number of carbonyl (C=O) groups excluding carboxylic acids is 1. The van der Waals surface area contributed by atoms with E-state index < -0.39 is 5.91 Å². The zero-order valence-corrected chi connectivity index (χ0v) is 19.9. The quantitative estimate of drug-likeness (QED) is 0.261. The van der Waals surface area contributed by atoms with Crippen LogP contribution < -0.4 is 10.1 Å². The van der Waals surface area contributed by atoms with Crippen molar-refractivity contribution in [3.63, 3.8) is 0 Å². The molecule has 0 heterocycles. The van der Waals surface area contributed by atoms with Gasteiger partial charge in [-0.2, -0.15) is 5.26 Å². The van der Waals surface area contributed by atoms with E-state index >= 15 is 0 Å². The number of ether oxygens (including phenoxy) is 1. The predicted molar refractivity (Wildman–Crippen MR) is 131 cm³/mol. The summed E-state index contributed by atoms with van der Waals surface area (Å²) in [5, 5.41) is 13.7. The van der Waals surface area contributed by atoms with E-state index in [2.05, 4.69) is 5.32 Å². The second kappa shape index (κ2) is 11.0. The highest BCUT2D eigenvalue weighted by Crippen LogP contribution is 2.35. The monoisotopic (exact) mass is 524 g/mol. The Hall–Kier alpha value is -2.39. The first-order valence-corrected chi connectivity index (χ1v) is 10.9. The summed E-state index contributed by atoms with van der Waals surface area (Å²) in [6.07, 6.45) is 1.37. The van der Waals surface area contributed by atoms with E-state index in [0.29, 0.717) is 27.0 Å². The zero-order chi connectivity index (χ0) is 23.3. The first-order chi connectivity index (χ1) is 15.3. The molecule has 9 heteroatoms. The van der Waals surface area contributed by atoms with Crippen molar-refractivity contribution >= 4 is 75.7 Å². The largest absolute Gasteiger partial charge is 0.486 e. The molecule has 1 N–H and O–H groups in total. The molecular weight excluding hydrogens is 514 g/mol. The van der Waals surface area contributed by atoms with Crippen molar-refractivity contribution in [2.24, 2.45) is 0 Å². The first-order valence-electron chi connectivity index (χ1n) is 9.01. The lowest BCUT2D eigenvalue weighted by atomic mass is 10.1. The first kappa shape index (κ1) is 24.3. The van der Waals surface area contributed by atoms with Crippen LogP contribution in [0.3, 0.4) is 0 Å². The Morgan fingerprint density at radius 1 is 0.906 bits per heavy atom. The van der Waals surface area contributed by atoms with E-state index in [1.165, 1.54) is 18.2 Å². The molecule has 32 heavy (non-hydrogen) atoms.